The fourth-order valence-electron chi connectivity index (χ4n) is 11.0. The van der Waals surface area contributed by atoms with Gasteiger partial charge in [-0.15, -0.1) is 0 Å². The van der Waals surface area contributed by atoms with Crippen LogP contribution in [0, 0.1) is 0 Å². The van der Waals surface area contributed by atoms with E-state index < -0.39 is 0 Å². The van der Waals surface area contributed by atoms with Crippen molar-refractivity contribution in [1.82, 2.24) is 4.57 Å². The predicted octanol–water partition coefficient (Wildman–Crippen LogP) is 19.6. The molecule has 0 unspecified atom stereocenters. The average molecular weight is 931 g/mol. The van der Waals surface area contributed by atoms with Gasteiger partial charge < -0.3 is 13.9 Å². The van der Waals surface area contributed by atoms with Crippen LogP contribution in [0.2, 0.25) is 0 Å². The molecular formula is C70H46N2O. The third-order valence-electron chi connectivity index (χ3n) is 14.6. The van der Waals surface area contributed by atoms with E-state index in [0.29, 0.717) is 0 Å². The molecule has 14 aromatic rings. The van der Waals surface area contributed by atoms with E-state index in [0.717, 1.165) is 66.9 Å². The zero-order chi connectivity index (χ0) is 48.2. The Kier molecular flexibility index (Phi) is 10.2. The van der Waals surface area contributed by atoms with Crippen LogP contribution in [0.25, 0.3) is 116 Å². The van der Waals surface area contributed by atoms with Gasteiger partial charge in [0.1, 0.15) is 11.2 Å². The van der Waals surface area contributed by atoms with E-state index in [1.54, 1.807) is 0 Å². The lowest BCUT2D eigenvalue weighted by Crippen LogP contribution is -2.09. The van der Waals surface area contributed by atoms with E-state index in [-0.39, 0.29) is 0 Å². The van der Waals surface area contributed by atoms with E-state index in [2.05, 4.69) is 276 Å². The molecule has 0 radical (unpaired) electrons. The average Bonchev–Trinajstić information content (AvgIpc) is 4.02. The Hall–Kier alpha value is -9.70. The van der Waals surface area contributed by atoms with Crippen molar-refractivity contribution in [1.29, 1.82) is 0 Å². The monoisotopic (exact) mass is 930 g/mol. The Labute approximate surface area is 423 Å². The third kappa shape index (κ3) is 7.54. The summed E-state index contributed by atoms with van der Waals surface area (Å²) in [5.41, 5.74) is 20.3. The van der Waals surface area contributed by atoms with Crippen molar-refractivity contribution in [2.24, 2.45) is 0 Å². The Morgan fingerprint density at radius 1 is 0.260 bits per heavy atom. The Morgan fingerprint density at radius 3 is 1.30 bits per heavy atom. The smallest absolute Gasteiger partial charge is 0.135 e. The number of benzene rings is 12. The minimum absolute atomic E-state index is 0.898. The highest BCUT2D eigenvalue weighted by Gasteiger charge is 2.19. The van der Waals surface area contributed by atoms with Gasteiger partial charge in [0.25, 0.3) is 0 Å². The number of hydrogen-bond donors (Lipinski definition) is 0. The molecule has 3 nitrogen and oxygen atoms in total. The maximum atomic E-state index is 6.18. The first kappa shape index (κ1) is 42.2. The Bertz CT molecular complexity index is 4270. The topological polar surface area (TPSA) is 21.3 Å². The molecule has 0 amide bonds. The molecule has 12 aromatic carbocycles. The second kappa shape index (κ2) is 17.6. The van der Waals surface area contributed by atoms with E-state index in [1.807, 2.05) is 12.1 Å². The fourth-order valence-corrected chi connectivity index (χ4v) is 11.0. The van der Waals surface area contributed by atoms with Crippen LogP contribution in [0.3, 0.4) is 0 Å². The van der Waals surface area contributed by atoms with Crippen LogP contribution in [-0.4, -0.2) is 4.57 Å². The van der Waals surface area contributed by atoms with Gasteiger partial charge in [-0.2, -0.15) is 0 Å². The lowest BCUT2D eigenvalue weighted by molar-refractivity contribution is 0.669. The first-order valence-corrected chi connectivity index (χ1v) is 25.0. The van der Waals surface area contributed by atoms with Gasteiger partial charge in [-0.25, -0.2) is 0 Å². The van der Waals surface area contributed by atoms with E-state index in [1.165, 1.54) is 66.0 Å². The molecule has 2 aromatic heterocycles. The van der Waals surface area contributed by atoms with Gasteiger partial charge in [0, 0.05) is 49.7 Å². The standard InChI is InChI=1S/C70H46N2O/c1-4-14-47(15-5-1)55-42-56(48-16-6-2-7-17-48)44-57(43-55)51-28-37-61(38-29-51)71(59-33-24-49(25-34-59)53-32-41-69-66(45-53)64-22-12-13-23-68(64)73-69)60-35-26-50(27-36-60)54-31-39-63-65-40-30-52-18-10-11-21-62(52)70(65)72(67(63)46-54)58-19-8-3-9-20-58/h1-46H. The lowest BCUT2D eigenvalue weighted by atomic mass is 9.93. The van der Waals surface area contributed by atoms with Crippen LogP contribution in [0.1, 0.15) is 0 Å². The van der Waals surface area contributed by atoms with Gasteiger partial charge in [-0.1, -0.05) is 188 Å². The Balaban J connectivity index is 0.864. The molecule has 0 fully saturated rings. The molecule has 0 spiro atoms. The molecule has 0 saturated carbocycles. The number of aromatic nitrogens is 1. The van der Waals surface area contributed by atoms with Crippen molar-refractivity contribution in [2.45, 2.75) is 0 Å². The molecule has 0 aliphatic rings. The number of rotatable bonds is 9. The largest absolute Gasteiger partial charge is 0.456 e. The molecule has 0 aliphatic carbocycles. The highest BCUT2D eigenvalue weighted by molar-refractivity contribution is 6.19. The maximum absolute atomic E-state index is 6.18. The number of furan rings is 1. The number of para-hydroxylation sites is 2. The van der Waals surface area contributed by atoms with Gasteiger partial charge in [-0.3, -0.25) is 0 Å². The summed E-state index contributed by atoms with van der Waals surface area (Å²) >= 11 is 0. The number of fused-ring (bicyclic) bond motifs is 8. The molecular weight excluding hydrogens is 885 g/mol. The molecule has 0 bridgehead atoms. The van der Waals surface area contributed by atoms with Crippen LogP contribution >= 0.6 is 0 Å². The van der Waals surface area contributed by atoms with Crippen LogP contribution < -0.4 is 4.90 Å². The summed E-state index contributed by atoms with van der Waals surface area (Å²) in [7, 11) is 0. The van der Waals surface area contributed by atoms with Gasteiger partial charge in [0.2, 0.25) is 0 Å². The highest BCUT2D eigenvalue weighted by atomic mass is 16.3. The number of nitrogens with zero attached hydrogens (tertiary/aromatic N) is 2. The Morgan fingerprint density at radius 2 is 0.699 bits per heavy atom. The van der Waals surface area contributed by atoms with Gasteiger partial charge >= 0.3 is 0 Å². The van der Waals surface area contributed by atoms with Crippen LogP contribution in [-0.2, 0) is 0 Å². The summed E-state index contributed by atoms with van der Waals surface area (Å²) in [5.74, 6) is 0. The minimum Gasteiger partial charge on any atom is -0.456 e. The summed E-state index contributed by atoms with van der Waals surface area (Å²) in [5, 5.41) is 7.23. The second-order valence-corrected chi connectivity index (χ2v) is 18.9. The van der Waals surface area contributed by atoms with Crippen molar-refractivity contribution in [3.8, 4) is 61.3 Å². The van der Waals surface area contributed by atoms with Crippen LogP contribution in [0.5, 0.6) is 0 Å². The molecule has 3 heteroatoms. The zero-order valence-corrected chi connectivity index (χ0v) is 39.9. The van der Waals surface area contributed by atoms with Gasteiger partial charge in [0.05, 0.1) is 11.0 Å². The van der Waals surface area contributed by atoms with Gasteiger partial charge in [0.15, 0.2) is 0 Å². The first-order valence-electron chi connectivity index (χ1n) is 25.0. The summed E-state index contributed by atoms with van der Waals surface area (Å²) in [4.78, 5) is 2.36. The molecule has 342 valence electrons. The normalized spacial score (nSPS) is 11.6. The molecule has 14 rings (SSSR count). The number of hydrogen-bond acceptors (Lipinski definition) is 2. The zero-order valence-electron chi connectivity index (χ0n) is 39.9. The lowest BCUT2D eigenvalue weighted by Gasteiger charge is -2.26. The second-order valence-electron chi connectivity index (χ2n) is 18.9. The fraction of sp³-hybridized carbons (Fsp3) is 0. The predicted molar refractivity (Wildman–Crippen MR) is 307 cm³/mol. The van der Waals surface area contributed by atoms with E-state index in [4.69, 9.17) is 4.42 Å². The highest BCUT2D eigenvalue weighted by Crippen LogP contribution is 2.42. The minimum atomic E-state index is 0.898. The molecule has 0 aliphatic heterocycles. The summed E-state index contributed by atoms with van der Waals surface area (Å²) in [6.45, 7) is 0. The summed E-state index contributed by atoms with van der Waals surface area (Å²) in [6.07, 6.45) is 0. The molecule has 0 atom stereocenters. The summed E-state index contributed by atoms with van der Waals surface area (Å²) < 4.78 is 8.62. The third-order valence-corrected chi connectivity index (χ3v) is 14.6. The van der Waals surface area contributed by atoms with Crippen molar-refractivity contribution >= 4 is 71.6 Å². The molecule has 0 saturated heterocycles. The first-order chi connectivity index (χ1) is 36.2. The van der Waals surface area contributed by atoms with Crippen LogP contribution in [0.4, 0.5) is 17.1 Å². The van der Waals surface area contributed by atoms with E-state index >= 15 is 0 Å². The maximum Gasteiger partial charge on any atom is 0.135 e. The summed E-state index contributed by atoms with van der Waals surface area (Å²) in [6, 6.07) is 101. The quantitative estimate of drug-likeness (QED) is 0.144. The van der Waals surface area contributed by atoms with Crippen LogP contribution in [0.15, 0.2) is 283 Å². The van der Waals surface area contributed by atoms with E-state index in [9.17, 15) is 0 Å². The SMILES string of the molecule is c1ccc(-c2cc(-c3ccccc3)cc(-c3ccc(N(c4ccc(-c5ccc6oc7ccccc7c6c5)cc4)c4ccc(-c5ccc6c7ccc8ccccc8c7n(-c7ccccc7)c6c5)cc4)cc3)c2)cc1. The molecule has 0 N–H and O–H groups in total. The van der Waals surface area contributed by atoms with Crippen molar-refractivity contribution in [3.63, 3.8) is 0 Å². The van der Waals surface area contributed by atoms with Gasteiger partial charge in [-0.05, 0) is 152 Å². The van der Waals surface area contributed by atoms with Crippen molar-refractivity contribution in [2.75, 3.05) is 4.90 Å². The molecule has 2 heterocycles. The molecule has 73 heavy (non-hydrogen) atoms. The van der Waals surface area contributed by atoms with Crippen molar-refractivity contribution in [3.05, 3.63) is 279 Å². The number of anilines is 3. The van der Waals surface area contributed by atoms with Crippen molar-refractivity contribution < 1.29 is 4.42 Å².